The van der Waals surface area contributed by atoms with Gasteiger partial charge in [-0.25, -0.2) is 17.9 Å². The number of ether oxygens (including phenoxy) is 1. The molecule has 0 atom stereocenters. The van der Waals surface area contributed by atoms with Crippen LogP contribution < -0.4 is 10.5 Å². The number of carbonyl (C=O) groups excluding carboxylic acids is 1. The normalized spacial score (nSPS) is 16.7. The molecule has 1 aliphatic carbocycles. The quantitative estimate of drug-likeness (QED) is 0.759. The van der Waals surface area contributed by atoms with Crippen LogP contribution in [0.25, 0.3) is 0 Å². The molecule has 1 aromatic rings. The highest BCUT2D eigenvalue weighted by Gasteiger charge is 2.38. The Kier molecular flexibility index (Phi) is 6.85. The van der Waals surface area contributed by atoms with Gasteiger partial charge in [-0.1, -0.05) is 24.4 Å². The Bertz CT molecular complexity index is 673. The summed E-state index contributed by atoms with van der Waals surface area (Å²) in [6.07, 6.45) is 3.21. The van der Waals surface area contributed by atoms with Crippen LogP contribution >= 0.6 is 24.0 Å². The monoisotopic (exact) mass is 382 g/mol. The maximum Gasteiger partial charge on any atom is 0.339 e. The van der Waals surface area contributed by atoms with Crippen LogP contribution in [0.3, 0.4) is 0 Å². The van der Waals surface area contributed by atoms with Crippen LogP contribution in [0, 0.1) is 0 Å². The number of sulfonamides is 1. The molecule has 3 N–H and O–H groups in total. The summed E-state index contributed by atoms with van der Waals surface area (Å²) in [6, 6.07) is 4.01. The molecule has 23 heavy (non-hydrogen) atoms. The topological polar surface area (TPSA) is 98.5 Å². The van der Waals surface area contributed by atoms with E-state index in [1.54, 1.807) is 0 Å². The number of nitrogens with two attached hydrogens (primary N) is 1. The molecule has 6 nitrogen and oxygen atoms in total. The van der Waals surface area contributed by atoms with E-state index in [0.29, 0.717) is 12.8 Å². The average molecular weight is 383 g/mol. The summed E-state index contributed by atoms with van der Waals surface area (Å²) in [4.78, 5) is 11.7. The summed E-state index contributed by atoms with van der Waals surface area (Å²) in [7, 11) is -2.72. The maximum atomic E-state index is 12.7. The first-order valence-corrected chi connectivity index (χ1v) is 8.82. The summed E-state index contributed by atoms with van der Waals surface area (Å²) in [6.45, 7) is 0.216. The fourth-order valence-corrected chi connectivity index (χ4v) is 4.56. The Morgan fingerprint density at radius 3 is 2.52 bits per heavy atom. The number of hydrogen-bond donors (Lipinski definition) is 2. The van der Waals surface area contributed by atoms with Crippen LogP contribution in [0.1, 0.15) is 36.0 Å². The smallest absolute Gasteiger partial charge is 0.339 e. The van der Waals surface area contributed by atoms with Crippen molar-refractivity contribution in [3.8, 4) is 0 Å². The minimum Gasteiger partial charge on any atom is -0.465 e. The van der Waals surface area contributed by atoms with Gasteiger partial charge in [0.1, 0.15) is 0 Å². The van der Waals surface area contributed by atoms with Crippen molar-refractivity contribution in [3.63, 3.8) is 0 Å². The second-order valence-corrected chi connectivity index (χ2v) is 7.52. The SMILES string of the molecule is COC(=O)c1cc(Cl)ccc1S(=O)(=O)NC1(CN)CCCC1.Cl. The highest BCUT2D eigenvalue weighted by molar-refractivity contribution is 7.89. The zero-order valence-corrected chi connectivity index (χ0v) is 15.1. The van der Waals surface area contributed by atoms with E-state index in [1.807, 2.05) is 0 Å². The van der Waals surface area contributed by atoms with E-state index in [0.717, 1.165) is 12.8 Å². The molecule has 0 spiro atoms. The van der Waals surface area contributed by atoms with E-state index in [-0.39, 0.29) is 34.4 Å². The lowest BCUT2D eigenvalue weighted by molar-refractivity contribution is 0.0596. The Hall–Kier alpha value is -0.860. The number of benzene rings is 1. The van der Waals surface area contributed by atoms with Crippen LogP contribution in [-0.4, -0.2) is 33.6 Å². The number of halogens is 2. The van der Waals surface area contributed by atoms with Gasteiger partial charge in [0.05, 0.1) is 17.6 Å². The van der Waals surface area contributed by atoms with Crippen molar-refractivity contribution in [1.82, 2.24) is 4.72 Å². The molecule has 0 unspecified atom stereocenters. The molecule has 2 rings (SSSR count). The van der Waals surface area contributed by atoms with Crippen LogP contribution in [0.5, 0.6) is 0 Å². The van der Waals surface area contributed by atoms with E-state index >= 15 is 0 Å². The van der Waals surface area contributed by atoms with E-state index in [2.05, 4.69) is 9.46 Å². The number of rotatable bonds is 5. The number of hydrogen-bond acceptors (Lipinski definition) is 5. The largest absolute Gasteiger partial charge is 0.465 e. The Labute approximate surface area is 147 Å². The first-order chi connectivity index (χ1) is 10.3. The van der Waals surface area contributed by atoms with Crippen LogP contribution in [0.15, 0.2) is 23.1 Å². The third-order valence-electron chi connectivity index (χ3n) is 3.94. The highest BCUT2D eigenvalue weighted by atomic mass is 35.5. The van der Waals surface area contributed by atoms with Gasteiger partial charge in [0.2, 0.25) is 10.0 Å². The molecular weight excluding hydrogens is 363 g/mol. The molecule has 0 aromatic heterocycles. The van der Waals surface area contributed by atoms with E-state index in [1.165, 1.54) is 25.3 Å². The molecule has 0 bridgehead atoms. The zero-order chi connectivity index (χ0) is 16.4. The zero-order valence-electron chi connectivity index (χ0n) is 12.7. The van der Waals surface area contributed by atoms with Gasteiger partial charge in [-0.15, -0.1) is 12.4 Å². The van der Waals surface area contributed by atoms with Crippen molar-refractivity contribution in [2.45, 2.75) is 36.1 Å². The second kappa shape index (κ2) is 7.81. The van der Waals surface area contributed by atoms with Crippen molar-refractivity contribution in [1.29, 1.82) is 0 Å². The maximum absolute atomic E-state index is 12.7. The Morgan fingerprint density at radius 1 is 1.39 bits per heavy atom. The first-order valence-electron chi connectivity index (χ1n) is 6.95. The molecule has 0 saturated heterocycles. The van der Waals surface area contributed by atoms with Crippen LogP contribution in [0.2, 0.25) is 5.02 Å². The lowest BCUT2D eigenvalue weighted by atomic mass is 10.0. The van der Waals surface area contributed by atoms with Crippen molar-refractivity contribution in [2.75, 3.05) is 13.7 Å². The standard InChI is InChI=1S/C14H19ClN2O4S.ClH/c1-21-13(18)11-8-10(15)4-5-12(11)22(19,20)17-14(9-16)6-2-3-7-14;/h4-5,8,17H,2-3,6-7,9,16H2,1H3;1H. The minimum absolute atomic E-state index is 0. The summed E-state index contributed by atoms with van der Waals surface area (Å²) in [5.41, 5.74) is 5.03. The third kappa shape index (κ3) is 4.36. The van der Waals surface area contributed by atoms with Gasteiger partial charge in [-0.05, 0) is 31.0 Å². The van der Waals surface area contributed by atoms with Crippen LogP contribution in [-0.2, 0) is 14.8 Å². The third-order valence-corrected chi connectivity index (χ3v) is 5.81. The van der Waals surface area contributed by atoms with E-state index < -0.39 is 21.5 Å². The van der Waals surface area contributed by atoms with Gasteiger partial charge in [0.25, 0.3) is 0 Å². The molecule has 0 heterocycles. The molecular formula is C14H20Cl2N2O4S. The molecule has 130 valence electrons. The van der Waals surface area contributed by atoms with Crippen molar-refractivity contribution < 1.29 is 17.9 Å². The molecule has 9 heteroatoms. The highest BCUT2D eigenvalue weighted by Crippen LogP contribution is 2.31. The van der Waals surface area contributed by atoms with Gasteiger partial charge in [-0.3, -0.25) is 0 Å². The van der Waals surface area contributed by atoms with Gasteiger partial charge < -0.3 is 10.5 Å². The Balaban J connectivity index is 0.00000264. The summed E-state index contributed by atoms with van der Waals surface area (Å²) in [5.74, 6) is -0.754. The molecule has 1 fully saturated rings. The molecule has 1 aliphatic rings. The van der Waals surface area contributed by atoms with E-state index in [9.17, 15) is 13.2 Å². The minimum atomic E-state index is -3.91. The lowest BCUT2D eigenvalue weighted by Crippen LogP contribution is -2.51. The van der Waals surface area contributed by atoms with Crippen molar-refractivity contribution in [2.24, 2.45) is 5.73 Å². The molecule has 1 aromatic carbocycles. The summed E-state index contributed by atoms with van der Waals surface area (Å²) in [5, 5.41) is 0.258. The summed E-state index contributed by atoms with van der Waals surface area (Å²) < 4.78 is 32.7. The van der Waals surface area contributed by atoms with Gasteiger partial charge in [0, 0.05) is 17.1 Å². The number of carbonyl (C=O) groups is 1. The molecule has 0 radical (unpaired) electrons. The van der Waals surface area contributed by atoms with Gasteiger partial charge in [-0.2, -0.15) is 0 Å². The van der Waals surface area contributed by atoms with Crippen LogP contribution in [0.4, 0.5) is 0 Å². The average Bonchev–Trinajstić information content (AvgIpc) is 2.94. The number of nitrogens with one attached hydrogen (secondary N) is 1. The number of esters is 1. The fourth-order valence-electron chi connectivity index (χ4n) is 2.75. The van der Waals surface area contributed by atoms with Crippen molar-refractivity contribution in [3.05, 3.63) is 28.8 Å². The predicted molar refractivity (Wildman–Crippen MR) is 90.6 cm³/mol. The second-order valence-electron chi connectivity index (χ2n) is 5.43. The summed E-state index contributed by atoms with van der Waals surface area (Å²) >= 11 is 5.85. The number of methoxy groups -OCH3 is 1. The lowest BCUT2D eigenvalue weighted by Gasteiger charge is -2.28. The van der Waals surface area contributed by atoms with Gasteiger partial charge in [0.15, 0.2) is 0 Å². The predicted octanol–water partition coefficient (Wildman–Crippen LogP) is 2.10. The molecule has 1 saturated carbocycles. The van der Waals surface area contributed by atoms with Crippen molar-refractivity contribution >= 4 is 40.0 Å². The van der Waals surface area contributed by atoms with E-state index in [4.69, 9.17) is 17.3 Å². The molecule has 0 aliphatic heterocycles. The Morgan fingerprint density at radius 2 is 2.00 bits per heavy atom. The molecule has 0 amide bonds. The first kappa shape index (κ1) is 20.2. The fraction of sp³-hybridized carbons (Fsp3) is 0.500. The van der Waals surface area contributed by atoms with Gasteiger partial charge >= 0.3 is 5.97 Å².